The van der Waals surface area contributed by atoms with Crippen molar-refractivity contribution in [2.24, 2.45) is 5.92 Å². The number of hydrogen-bond donors (Lipinski definition) is 0. The van der Waals surface area contributed by atoms with Gasteiger partial charge in [-0.2, -0.15) is 0 Å². The molecule has 7 nitrogen and oxygen atoms in total. The second kappa shape index (κ2) is 7.50. The van der Waals surface area contributed by atoms with Gasteiger partial charge in [0, 0.05) is 44.8 Å². The van der Waals surface area contributed by atoms with Crippen molar-refractivity contribution >= 4 is 23.4 Å². The van der Waals surface area contributed by atoms with Crippen LogP contribution in [0.25, 0.3) is 0 Å². The van der Waals surface area contributed by atoms with Crippen LogP contribution in [0.4, 0.5) is 5.69 Å². The van der Waals surface area contributed by atoms with Crippen molar-refractivity contribution in [2.45, 2.75) is 13.3 Å². The van der Waals surface area contributed by atoms with Crippen LogP contribution in [-0.4, -0.2) is 60.2 Å². The van der Waals surface area contributed by atoms with Gasteiger partial charge in [0.15, 0.2) is 5.76 Å². The number of piperazine rings is 1. The Morgan fingerprint density at radius 3 is 2.32 bits per heavy atom. The fraction of sp³-hybridized carbons (Fsp3) is 0.381. The van der Waals surface area contributed by atoms with Crippen LogP contribution in [-0.2, 0) is 9.59 Å². The summed E-state index contributed by atoms with van der Waals surface area (Å²) in [5.41, 5.74) is 1.96. The van der Waals surface area contributed by atoms with Crippen LogP contribution in [0.5, 0.6) is 0 Å². The maximum Gasteiger partial charge on any atom is 0.289 e. The predicted octanol–water partition coefficient (Wildman–Crippen LogP) is 1.93. The highest BCUT2D eigenvalue weighted by molar-refractivity contribution is 6.00. The lowest BCUT2D eigenvalue weighted by Gasteiger charge is -2.35. The Bertz CT molecular complexity index is 868. The lowest BCUT2D eigenvalue weighted by molar-refractivity contribution is -0.137. The highest BCUT2D eigenvalue weighted by Crippen LogP contribution is 2.27. The molecule has 2 aliphatic heterocycles. The summed E-state index contributed by atoms with van der Waals surface area (Å²) in [7, 11) is 0. The van der Waals surface area contributed by atoms with Gasteiger partial charge in [-0.25, -0.2) is 0 Å². The van der Waals surface area contributed by atoms with E-state index in [1.165, 1.54) is 6.26 Å². The molecule has 0 N–H and O–H groups in total. The quantitative estimate of drug-likeness (QED) is 0.814. The summed E-state index contributed by atoms with van der Waals surface area (Å²) in [5.74, 6) is -0.198. The van der Waals surface area contributed by atoms with E-state index in [9.17, 15) is 14.4 Å². The number of carbonyl (C=O) groups excluding carboxylic acids is 3. The second-order valence-corrected chi connectivity index (χ2v) is 7.34. The third-order valence-electron chi connectivity index (χ3n) is 5.43. The van der Waals surface area contributed by atoms with Gasteiger partial charge in [0.05, 0.1) is 12.2 Å². The maximum atomic E-state index is 12.9. The Morgan fingerprint density at radius 1 is 1.00 bits per heavy atom. The zero-order chi connectivity index (χ0) is 19.7. The minimum atomic E-state index is -0.332. The van der Waals surface area contributed by atoms with E-state index in [2.05, 4.69) is 0 Å². The topological polar surface area (TPSA) is 74.1 Å². The molecule has 2 aromatic rings. The minimum absolute atomic E-state index is 0.00643. The number of furan rings is 1. The van der Waals surface area contributed by atoms with E-state index < -0.39 is 0 Å². The average Bonchev–Trinajstić information content (AvgIpc) is 3.38. The van der Waals surface area contributed by atoms with Gasteiger partial charge in [-0.15, -0.1) is 0 Å². The molecule has 1 aromatic carbocycles. The molecule has 0 saturated carbocycles. The van der Waals surface area contributed by atoms with Crippen molar-refractivity contribution in [1.29, 1.82) is 0 Å². The summed E-state index contributed by atoms with van der Waals surface area (Å²) in [6.45, 7) is 4.28. The molecule has 7 heteroatoms. The number of amides is 3. The summed E-state index contributed by atoms with van der Waals surface area (Å²) >= 11 is 0. The summed E-state index contributed by atoms with van der Waals surface area (Å²) < 4.78 is 5.16. The highest BCUT2D eigenvalue weighted by atomic mass is 16.3. The van der Waals surface area contributed by atoms with Crippen molar-refractivity contribution in [3.8, 4) is 0 Å². The molecule has 0 bridgehead atoms. The molecule has 1 aromatic heterocycles. The minimum Gasteiger partial charge on any atom is -0.459 e. The van der Waals surface area contributed by atoms with Gasteiger partial charge in [0.2, 0.25) is 11.8 Å². The average molecular weight is 381 g/mol. The molecular formula is C21H23N3O4. The predicted molar refractivity (Wildman–Crippen MR) is 103 cm³/mol. The van der Waals surface area contributed by atoms with Gasteiger partial charge < -0.3 is 19.1 Å². The molecule has 4 rings (SSSR count). The van der Waals surface area contributed by atoms with Crippen molar-refractivity contribution in [3.05, 3.63) is 54.0 Å². The third kappa shape index (κ3) is 3.52. The molecular weight excluding hydrogens is 358 g/mol. The lowest BCUT2D eigenvalue weighted by Crippen LogP contribution is -2.52. The second-order valence-electron chi connectivity index (χ2n) is 7.34. The highest BCUT2D eigenvalue weighted by Gasteiger charge is 2.38. The zero-order valence-corrected chi connectivity index (χ0v) is 15.8. The first-order valence-corrected chi connectivity index (χ1v) is 9.51. The van der Waals surface area contributed by atoms with Crippen LogP contribution in [0.1, 0.15) is 22.5 Å². The molecule has 0 aliphatic carbocycles. The van der Waals surface area contributed by atoms with Gasteiger partial charge in [-0.1, -0.05) is 17.7 Å². The molecule has 146 valence electrons. The van der Waals surface area contributed by atoms with Gasteiger partial charge in [0.1, 0.15) is 0 Å². The maximum absolute atomic E-state index is 12.9. The third-order valence-corrected chi connectivity index (χ3v) is 5.43. The number of anilines is 1. The number of nitrogens with zero attached hydrogens (tertiary/aromatic N) is 3. The van der Waals surface area contributed by atoms with Gasteiger partial charge in [-0.3, -0.25) is 14.4 Å². The molecule has 0 radical (unpaired) electrons. The van der Waals surface area contributed by atoms with Crippen LogP contribution >= 0.6 is 0 Å². The molecule has 28 heavy (non-hydrogen) atoms. The van der Waals surface area contributed by atoms with Crippen molar-refractivity contribution in [2.75, 3.05) is 37.6 Å². The number of aryl methyl sites for hydroxylation is 1. The summed E-state index contributed by atoms with van der Waals surface area (Å²) in [6, 6.07) is 11.1. The van der Waals surface area contributed by atoms with Crippen LogP contribution in [0.2, 0.25) is 0 Å². The van der Waals surface area contributed by atoms with Gasteiger partial charge in [-0.05, 0) is 31.2 Å². The van der Waals surface area contributed by atoms with Crippen molar-refractivity contribution in [1.82, 2.24) is 9.80 Å². The van der Waals surface area contributed by atoms with E-state index in [0.29, 0.717) is 38.5 Å². The largest absolute Gasteiger partial charge is 0.459 e. The smallest absolute Gasteiger partial charge is 0.289 e. The summed E-state index contributed by atoms with van der Waals surface area (Å²) in [6.07, 6.45) is 1.71. The first kappa shape index (κ1) is 18.3. The Labute approximate surface area is 163 Å². The van der Waals surface area contributed by atoms with Gasteiger partial charge >= 0.3 is 0 Å². The van der Waals surface area contributed by atoms with Crippen LogP contribution in [0, 0.1) is 12.8 Å². The molecule has 1 atom stereocenters. The van der Waals surface area contributed by atoms with Crippen LogP contribution < -0.4 is 4.90 Å². The van der Waals surface area contributed by atoms with E-state index in [1.807, 2.05) is 31.2 Å². The number of carbonyl (C=O) groups is 3. The fourth-order valence-electron chi connectivity index (χ4n) is 3.79. The Kier molecular flexibility index (Phi) is 4.90. The first-order chi connectivity index (χ1) is 13.5. The van der Waals surface area contributed by atoms with E-state index in [-0.39, 0.29) is 30.1 Å². The SMILES string of the molecule is Cc1ccc(N2C[C@H](C(=O)N3CCN(C(=O)c4ccco4)CC3)CC2=O)cc1. The van der Waals surface area contributed by atoms with Crippen LogP contribution in [0.15, 0.2) is 47.1 Å². The van der Waals surface area contributed by atoms with E-state index in [1.54, 1.807) is 26.8 Å². The zero-order valence-electron chi connectivity index (χ0n) is 15.8. The molecule has 3 amide bonds. The molecule has 2 fully saturated rings. The number of hydrogen-bond acceptors (Lipinski definition) is 4. The first-order valence-electron chi connectivity index (χ1n) is 9.51. The van der Waals surface area contributed by atoms with Crippen molar-refractivity contribution < 1.29 is 18.8 Å². The van der Waals surface area contributed by atoms with Crippen LogP contribution in [0.3, 0.4) is 0 Å². The summed E-state index contributed by atoms with van der Waals surface area (Å²) in [4.78, 5) is 42.8. The molecule has 0 spiro atoms. The Hall–Kier alpha value is -3.09. The van der Waals surface area contributed by atoms with E-state index in [4.69, 9.17) is 4.42 Å². The van der Waals surface area contributed by atoms with Crippen molar-refractivity contribution in [3.63, 3.8) is 0 Å². The monoisotopic (exact) mass is 381 g/mol. The number of benzene rings is 1. The summed E-state index contributed by atoms with van der Waals surface area (Å²) in [5, 5.41) is 0. The standard InChI is InChI=1S/C21H23N3O4/c1-15-4-6-17(7-5-15)24-14-16(13-19(24)25)20(26)22-8-10-23(11-9-22)21(27)18-3-2-12-28-18/h2-7,12,16H,8-11,13-14H2,1H3/t16-/m1/s1. The van der Waals surface area contributed by atoms with Gasteiger partial charge in [0.25, 0.3) is 5.91 Å². The Morgan fingerprint density at radius 2 is 1.68 bits per heavy atom. The molecule has 2 aliphatic rings. The normalized spacial score (nSPS) is 20.0. The van der Waals surface area contributed by atoms with E-state index >= 15 is 0 Å². The molecule has 3 heterocycles. The van der Waals surface area contributed by atoms with E-state index in [0.717, 1.165) is 11.3 Å². The fourth-order valence-corrected chi connectivity index (χ4v) is 3.79. The Balaban J connectivity index is 1.35. The lowest BCUT2D eigenvalue weighted by atomic mass is 10.1. The molecule has 2 saturated heterocycles. The molecule has 0 unspecified atom stereocenters. The number of rotatable bonds is 3.